The molecule has 0 fully saturated rings. The number of para-hydroxylation sites is 1. The van der Waals surface area contributed by atoms with Gasteiger partial charge in [0.05, 0.1) is 0 Å². The third-order valence-corrected chi connectivity index (χ3v) is 2.28. The third kappa shape index (κ3) is 7.03. The summed E-state index contributed by atoms with van der Waals surface area (Å²) >= 11 is 0. The molecule has 1 aromatic rings. The molecule has 1 N–H and O–H groups in total. The molecule has 0 saturated carbocycles. The van der Waals surface area contributed by atoms with Crippen molar-refractivity contribution in [2.45, 2.75) is 26.1 Å². The molecule has 0 aliphatic rings. The van der Waals surface area contributed by atoms with E-state index in [9.17, 15) is 13.2 Å². The number of rotatable bonds is 8. The second kappa shape index (κ2) is 8.01. The van der Waals surface area contributed by atoms with Crippen LogP contribution in [0, 0.1) is 0 Å². The summed E-state index contributed by atoms with van der Waals surface area (Å²) in [5, 5.41) is 3.21. The molecule has 0 amide bonds. The van der Waals surface area contributed by atoms with E-state index in [1.54, 1.807) is 12.1 Å². The van der Waals surface area contributed by atoms with Gasteiger partial charge in [0.15, 0.2) is 6.79 Å². The van der Waals surface area contributed by atoms with Crippen molar-refractivity contribution in [3.63, 3.8) is 0 Å². The van der Waals surface area contributed by atoms with Crippen molar-refractivity contribution in [3.8, 4) is 5.75 Å². The molecular formula is C13H18F3NO2. The molecule has 0 radical (unpaired) electrons. The first-order valence-corrected chi connectivity index (χ1v) is 6.09. The SMILES string of the molecule is CCCNCc1ccccc1OCOCC(F)(F)F. The Hall–Kier alpha value is -1.27. The summed E-state index contributed by atoms with van der Waals surface area (Å²) < 4.78 is 45.2. The van der Waals surface area contributed by atoms with Gasteiger partial charge in [0.25, 0.3) is 0 Å². The average molecular weight is 277 g/mol. The fourth-order valence-electron chi connectivity index (χ4n) is 1.45. The first kappa shape index (κ1) is 15.8. The molecule has 3 nitrogen and oxygen atoms in total. The number of ether oxygens (including phenoxy) is 2. The third-order valence-electron chi connectivity index (χ3n) is 2.28. The lowest BCUT2D eigenvalue weighted by atomic mass is 10.2. The molecule has 6 heteroatoms. The van der Waals surface area contributed by atoms with E-state index < -0.39 is 19.6 Å². The highest BCUT2D eigenvalue weighted by molar-refractivity contribution is 5.33. The summed E-state index contributed by atoms with van der Waals surface area (Å²) in [7, 11) is 0. The van der Waals surface area contributed by atoms with Gasteiger partial charge in [0.2, 0.25) is 0 Å². The van der Waals surface area contributed by atoms with E-state index in [2.05, 4.69) is 17.0 Å². The van der Waals surface area contributed by atoms with Crippen molar-refractivity contribution in [1.29, 1.82) is 0 Å². The summed E-state index contributed by atoms with van der Waals surface area (Å²) in [6, 6.07) is 7.19. The van der Waals surface area contributed by atoms with E-state index in [1.807, 2.05) is 12.1 Å². The number of hydrogen-bond acceptors (Lipinski definition) is 3. The second-order valence-electron chi connectivity index (χ2n) is 4.01. The van der Waals surface area contributed by atoms with Crippen molar-refractivity contribution in [2.75, 3.05) is 19.9 Å². The molecule has 1 rings (SSSR count). The van der Waals surface area contributed by atoms with Gasteiger partial charge < -0.3 is 14.8 Å². The molecule has 1 aromatic carbocycles. The molecular weight excluding hydrogens is 259 g/mol. The van der Waals surface area contributed by atoms with Crippen LogP contribution in [0.25, 0.3) is 0 Å². The zero-order chi connectivity index (χ0) is 14.1. The predicted octanol–water partition coefficient (Wildman–Crippen LogP) is 3.10. The van der Waals surface area contributed by atoms with Crippen molar-refractivity contribution in [3.05, 3.63) is 29.8 Å². The molecule has 0 saturated heterocycles. The van der Waals surface area contributed by atoms with E-state index in [4.69, 9.17) is 4.74 Å². The highest BCUT2D eigenvalue weighted by atomic mass is 19.4. The number of halogens is 3. The summed E-state index contributed by atoms with van der Waals surface area (Å²) in [6.45, 7) is 1.83. The van der Waals surface area contributed by atoms with Gasteiger partial charge in [0, 0.05) is 12.1 Å². The Morgan fingerprint density at radius 1 is 1.21 bits per heavy atom. The molecule has 19 heavy (non-hydrogen) atoms. The van der Waals surface area contributed by atoms with Crippen molar-refractivity contribution in [1.82, 2.24) is 5.32 Å². The summed E-state index contributed by atoms with van der Waals surface area (Å²) in [4.78, 5) is 0. The van der Waals surface area contributed by atoms with Crippen LogP contribution in [0.2, 0.25) is 0 Å². The Bertz CT molecular complexity index is 369. The van der Waals surface area contributed by atoms with Gasteiger partial charge in [-0.15, -0.1) is 0 Å². The maximum Gasteiger partial charge on any atom is 0.411 e. The van der Waals surface area contributed by atoms with Gasteiger partial charge in [-0.05, 0) is 19.0 Å². The van der Waals surface area contributed by atoms with E-state index in [0.717, 1.165) is 18.5 Å². The Morgan fingerprint density at radius 3 is 2.63 bits per heavy atom. The standard InChI is InChI=1S/C13H18F3NO2/c1-2-7-17-8-11-5-3-4-6-12(11)19-10-18-9-13(14,15)16/h3-6,17H,2,7-10H2,1H3. The minimum Gasteiger partial charge on any atom is -0.467 e. The van der Waals surface area contributed by atoms with Crippen molar-refractivity contribution < 1.29 is 22.6 Å². The van der Waals surface area contributed by atoms with Crippen molar-refractivity contribution in [2.24, 2.45) is 0 Å². The molecule has 0 unspecified atom stereocenters. The Balaban J connectivity index is 2.39. The predicted molar refractivity (Wildman–Crippen MR) is 65.9 cm³/mol. The van der Waals surface area contributed by atoms with Crippen LogP contribution in [-0.2, 0) is 11.3 Å². The van der Waals surface area contributed by atoms with Gasteiger partial charge >= 0.3 is 6.18 Å². The molecule has 0 atom stereocenters. The van der Waals surface area contributed by atoms with Crippen LogP contribution < -0.4 is 10.1 Å². The normalized spacial score (nSPS) is 11.6. The lowest BCUT2D eigenvalue weighted by Gasteiger charge is -2.13. The lowest BCUT2D eigenvalue weighted by molar-refractivity contribution is -0.186. The van der Waals surface area contributed by atoms with Gasteiger partial charge in [-0.3, -0.25) is 0 Å². The molecule has 108 valence electrons. The first-order valence-electron chi connectivity index (χ1n) is 6.09. The highest BCUT2D eigenvalue weighted by Crippen LogP contribution is 2.18. The summed E-state index contributed by atoms with van der Waals surface area (Å²) in [5.41, 5.74) is 0.895. The maximum absolute atomic E-state index is 11.9. The van der Waals surface area contributed by atoms with Crippen LogP contribution in [0.3, 0.4) is 0 Å². The number of nitrogens with one attached hydrogen (secondary N) is 1. The molecule has 0 bridgehead atoms. The Labute approximate surface area is 110 Å². The molecule has 0 aromatic heterocycles. The van der Waals surface area contributed by atoms with E-state index >= 15 is 0 Å². The van der Waals surface area contributed by atoms with Crippen LogP contribution in [0.4, 0.5) is 13.2 Å². The van der Waals surface area contributed by atoms with Crippen LogP contribution in [0.1, 0.15) is 18.9 Å². The highest BCUT2D eigenvalue weighted by Gasteiger charge is 2.27. The summed E-state index contributed by atoms with van der Waals surface area (Å²) in [6.07, 6.45) is -3.32. The summed E-state index contributed by atoms with van der Waals surface area (Å²) in [5.74, 6) is 0.535. The average Bonchev–Trinajstić information content (AvgIpc) is 2.35. The molecule has 0 aliphatic heterocycles. The minimum absolute atomic E-state index is 0.412. The molecule has 0 spiro atoms. The number of benzene rings is 1. The number of alkyl halides is 3. The smallest absolute Gasteiger partial charge is 0.411 e. The van der Waals surface area contributed by atoms with Crippen LogP contribution >= 0.6 is 0 Å². The zero-order valence-electron chi connectivity index (χ0n) is 10.8. The second-order valence-corrected chi connectivity index (χ2v) is 4.01. The Kier molecular flexibility index (Phi) is 6.66. The quantitative estimate of drug-likeness (QED) is 0.585. The van der Waals surface area contributed by atoms with Gasteiger partial charge in [0.1, 0.15) is 12.4 Å². The van der Waals surface area contributed by atoms with Gasteiger partial charge in [-0.25, -0.2) is 0 Å². The van der Waals surface area contributed by atoms with Gasteiger partial charge in [-0.2, -0.15) is 13.2 Å². The fraction of sp³-hybridized carbons (Fsp3) is 0.538. The fourth-order valence-corrected chi connectivity index (χ4v) is 1.45. The van der Waals surface area contributed by atoms with Gasteiger partial charge in [-0.1, -0.05) is 25.1 Å². The van der Waals surface area contributed by atoms with E-state index in [-0.39, 0.29) is 0 Å². The van der Waals surface area contributed by atoms with Crippen molar-refractivity contribution >= 4 is 0 Å². The van der Waals surface area contributed by atoms with E-state index in [0.29, 0.717) is 12.3 Å². The first-order chi connectivity index (χ1) is 9.03. The monoisotopic (exact) mass is 277 g/mol. The Morgan fingerprint density at radius 2 is 1.95 bits per heavy atom. The van der Waals surface area contributed by atoms with Crippen LogP contribution in [0.5, 0.6) is 5.75 Å². The topological polar surface area (TPSA) is 30.5 Å². The maximum atomic E-state index is 11.9. The largest absolute Gasteiger partial charge is 0.467 e. The van der Waals surface area contributed by atoms with Crippen LogP contribution in [0.15, 0.2) is 24.3 Å². The van der Waals surface area contributed by atoms with Crippen LogP contribution in [-0.4, -0.2) is 26.1 Å². The molecule has 0 heterocycles. The molecule has 0 aliphatic carbocycles. The zero-order valence-corrected chi connectivity index (χ0v) is 10.8. The minimum atomic E-state index is -4.33. The van der Waals surface area contributed by atoms with E-state index in [1.165, 1.54) is 0 Å². The number of hydrogen-bond donors (Lipinski definition) is 1. The lowest BCUT2D eigenvalue weighted by Crippen LogP contribution is -2.19.